The molecule has 3 heteroatoms. The summed E-state index contributed by atoms with van der Waals surface area (Å²) in [7, 11) is 1.58. The maximum absolute atomic E-state index is 9.34. The van der Waals surface area contributed by atoms with Gasteiger partial charge in [-0.2, -0.15) is 0 Å². The first-order valence-corrected chi connectivity index (χ1v) is 4.74. The van der Waals surface area contributed by atoms with Crippen LogP contribution in [0.5, 0.6) is 0 Å². The number of benzene rings is 1. The van der Waals surface area contributed by atoms with E-state index in [9.17, 15) is 5.11 Å². The Morgan fingerprint density at radius 2 is 2.07 bits per heavy atom. The van der Waals surface area contributed by atoms with Gasteiger partial charge in [-0.15, -0.1) is 0 Å². The minimum absolute atomic E-state index is 0.377. The first kappa shape index (κ1) is 11.2. The van der Waals surface area contributed by atoms with E-state index in [4.69, 9.17) is 4.74 Å². The minimum Gasteiger partial charge on any atom is -0.389 e. The Morgan fingerprint density at radius 3 is 2.71 bits per heavy atom. The molecule has 0 unspecified atom stereocenters. The highest BCUT2D eigenvalue weighted by Gasteiger charge is 2.01. The highest BCUT2D eigenvalue weighted by atomic mass is 16.5. The predicted molar refractivity (Wildman–Crippen MR) is 56.0 cm³/mol. The SMILES string of the molecule is COC[C@H](O)CNCc1ccccc1. The van der Waals surface area contributed by atoms with E-state index < -0.39 is 6.10 Å². The van der Waals surface area contributed by atoms with Crippen LogP contribution >= 0.6 is 0 Å². The van der Waals surface area contributed by atoms with E-state index >= 15 is 0 Å². The summed E-state index contributed by atoms with van der Waals surface area (Å²) < 4.78 is 4.82. The Bertz CT molecular complexity index is 238. The van der Waals surface area contributed by atoms with E-state index in [0.717, 1.165) is 6.54 Å². The summed E-state index contributed by atoms with van der Waals surface area (Å²) >= 11 is 0. The molecule has 1 aromatic carbocycles. The van der Waals surface area contributed by atoms with Crippen molar-refractivity contribution >= 4 is 0 Å². The second kappa shape index (κ2) is 6.54. The third-order valence-electron chi connectivity index (χ3n) is 1.91. The molecule has 0 heterocycles. The van der Waals surface area contributed by atoms with E-state index in [1.165, 1.54) is 5.56 Å². The van der Waals surface area contributed by atoms with Gasteiger partial charge in [-0.25, -0.2) is 0 Å². The van der Waals surface area contributed by atoms with Crippen molar-refractivity contribution in [3.05, 3.63) is 35.9 Å². The number of methoxy groups -OCH3 is 1. The molecular weight excluding hydrogens is 178 g/mol. The summed E-state index contributed by atoms with van der Waals surface area (Å²) in [6.45, 7) is 1.71. The van der Waals surface area contributed by atoms with Crippen LogP contribution in [-0.4, -0.2) is 31.5 Å². The number of hydrogen-bond donors (Lipinski definition) is 2. The fraction of sp³-hybridized carbons (Fsp3) is 0.455. The Hall–Kier alpha value is -0.900. The zero-order valence-corrected chi connectivity index (χ0v) is 8.44. The predicted octanol–water partition coefficient (Wildman–Crippen LogP) is 0.783. The molecule has 1 rings (SSSR count). The van der Waals surface area contributed by atoms with Crippen LogP contribution in [0.4, 0.5) is 0 Å². The summed E-state index contributed by atoms with van der Waals surface area (Å²) in [6, 6.07) is 10.1. The first-order valence-electron chi connectivity index (χ1n) is 4.74. The van der Waals surface area contributed by atoms with Gasteiger partial charge in [-0.1, -0.05) is 30.3 Å². The van der Waals surface area contributed by atoms with Gasteiger partial charge in [-0.3, -0.25) is 0 Å². The largest absolute Gasteiger partial charge is 0.389 e. The van der Waals surface area contributed by atoms with Crippen molar-refractivity contribution in [3.63, 3.8) is 0 Å². The van der Waals surface area contributed by atoms with Crippen molar-refractivity contribution in [2.75, 3.05) is 20.3 Å². The summed E-state index contributed by atoms with van der Waals surface area (Å²) in [5, 5.41) is 12.5. The van der Waals surface area contributed by atoms with Crippen molar-refractivity contribution in [3.8, 4) is 0 Å². The molecule has 1 aromatic rings. The number of aliphatic hydroxyl groups is 1. The van der Waals surface area contributed by atoms with Crippen molar-refractivity contribution in [1.29, 1.82) is 0 Å². The van der Waals surface area contributed by atoms with Gasteiger partial charge in [-0.05, 0) is 5.56 Å². The Morgan fingerprint density at radius 1 is 1.36 bits per heavy atom. The molecule has 0 radical (unpaired) electrons. The van der Waals surface area contributed by atoms with E-state index in [1.807, 2.05) is 18.2 Å². The lowest BCUT2D eigenvalue weighted by atomic mass is 10.2. The van der Waals surface area contributed by atoms with Gasteiger partial charge in [0.1, 0.15) is 0 Å². The third-order valence-corrected chi connectivity index (χ3v) is 1.91. The van der Waals surface area contributed by atoms with Gasteiger partial charge in [0, 0.05) is 20.2 Å². The van der Waals surface area contributed by atoms with Gasteiger partial charge in [0.05, 0.1) is 12.7 Å². The molecule has 0 saturated heterocycles. The number of ether oxygens (including phenoxy) is 1. The monoisotopic (exact) mass is 195 g/mol. The summed E-state index contributed by atoms with van der Waals surface area (Å²) in [5.41, 5.74) is 1.22. The van der Waals surface area contributed by atoms with Crippen LogP contribution in [0.3, 0.4) is 0 Å². The van der Waals surface area contributed by atoms with Gasteiger partial charge in [0.15, 0.2) is 0 Å². The standard InChI is InChI=1S/C11H17NO2/c1-14-9-11(13)8-12-7-10-5-3-2-4-6-10/h2-6,11-13H,7-9H2,1H3/t11-/m1/s1. The number of nitrogens with one attached hydrogen (secondary N) is 1. The van der Waals surface area contributed by atoms with Crippen LogP contribution in [0.1, 0.15) is 5.56 Å². The molecule has 0 aliphatic carbocycles. The summed E-state index contributed by atoms with van der Waals surface area (Å²) in [6.07, 6.45) is -0.427. The molecule has 14 heavy (non-hydrogen) atoms. The Balaban J connectivity index is 2.16. The van der Waals surface area contributed by atoms with E-state index in [0.29, 0.717) is 13.2 Å². The van der Waals surface area contributed by atoms with Gasteiger partial charge in [0.25, 0.3) is 0 Å². The average Bonchev–Trinajstić information content (AvgIpc) is 2.20. The molecule has 3 nitrogen and oxygen atoms in total. The van der Waals surface area contributed by atoms with Crippen LogP contribution < -0.4 is 5.32 Å². The quantitative estimate of drug-likeness (QED) is 0.705. The normalized spacial score (nSPS) is 12.7. The highest BCUT2D eigenvalue weighted by molar-refractivity contribution is 5.14. The smallest absolute Gasteiger partial charge is 0.0897 e. The molecule has 0 aliphatic heterocycles. The van der Waals surface area contributed by atoms with E-state index in [1.54, 1.807) is 7.11 Å². The van der Waals surface area contributed by atoms with Crippen molar-refractivity contribution in [2.45, 2.75) is 12.6 Å². The maximum atomic E-state index is 9.34. The zero-order valence-electron chi connectivity index (χ0n) is 8.44. The van der Waals surface area contributed by atoms with Gasteiger partial charge in [0.2, 0.25) is 0 Å². The minimum atomic E-state index is -0.427. The molecule has 0 amide bonds. The zero-order chi connectivity index (χ0) is 10.2. The Kier molecular flexibility index (Phi) is 5.22. The third kappa shape index (κ3) is 4.37. The maximum Gasteiger partial charge on any atom is 0.0897 e. The van der Waals surface area contributed by atoms with Gasteiger partial charge >= 0.3 is 0 Å². The molecule has 0 spiro atoms. The molecule has 1 atom stereocenters. The van der Waals surface area contributed by atoms with Crippen molar-refractivity contribution in [2.24, 2.45) is 0 Å². The van der Waals surface area contributed by atoms with Crippen LogP contribution in [0.2, 0.25) is 0 Å². The van der Waals surface area contributed by atoms with Crippen LogP contribution in [0, 0.1) is 0 Å². The Labute approximate surface area is 84.7 Å². The van der Waals surface area contributed by atoms with E-state index in [-0.39, 0.29) is 0 Å². The van der Waals surface area contributed by atoms with Crippen LogP contribution in [-0.2, 0) is 11.3 Å². The summed E-state index contributed by atoms with van der Waals surface area (Å²) in [5.74, 6) is 0. The number of aliphatic hydroxyl groups excluding tert-OH is 1. The highest BCUT2D eigenvalue weighted by Crippen LogP contribution is 1.96. The number of hydrogen-bond acceptors (Lipinski definition) is 3. The lowest BCUT2D eigenvalue weighted by Gasteiger charge is -2.10. The lowest BCUT2D eigenvalue weighted by molar-refractivity contribution is 0.0644. The van der Waals surface area contributed by atoms with Crippen molar-refractivity contribution < 1.29 is 9.84 Å². The lowest BCUT2D eigenvalue weighted by Crippen LogP contribution is -2.29. The molecular formula is C11H17NO2. The molecule has 2 N–H and O–H groups in total. The second-order valence-electron chi connectivity index (χ2n) is 3.23. The molecule has 0 fully saturated rings. The molecule has 0 saturated carbocycles. The summed E-state index contributed by atoms with van der Waals surface area (Å²) in [4.78, 5) is 0. The molecule has 0 aliphatic rings. The average molecular weight is 195 g/mol. The fourth-order valence-corrected chi connectivity index (χ4v) is 1.23. The molecule has 0 aromatic heterocycles. The topological polar surface area (TPSA) is 41.5 Å². The fourth-order valence-electron chi connectivity index (χ4n) is 1.23. The molecule has 0 bridgehead atoms. The van der Waals surface area contributed by atoms with Crippen LogP contribution in [0.25, 0.3) is 0 Å². The van der Waals surface area contributed by atoms with Crippen molar-refractivity contribution in [1.82, 2.24) is 5.32 Å². The van der Waals surface area contributed by atoms with E-state index in [2.05, 4.69) is 17.4 Å². The second-order valence-corrected chi connectivity index (χ2v) is 3.23. The van der Waals surface area contributed by atoms with Gasteiger partial charge < -0.3 is 15.2 Å². The van der Waals surface area contributed by atoms with Crippen LogP contribution in [0.15, 0.2) is 30.3 Å². The molecule has 78 valence electrons. The first-order chi connectivity index (χ1) is 6.83. The number of rotatable bonds is 6.